The third kappa shape index (κ3) is 2.83. The monoisotopic (exact) mass is 240 g/mol. The molecule has 2 heteroatoms. The van der Waals surface area contributed by atoms with E-state index in [2.05, 4.69) is 38.1 Å². The molecule has 0 aromatic heterocycles. The fraction of sp³-hybridized carbons (Fsp3) is 0.250. The second kappa shape index (κ2) is 5.13. The molecule has 0 saturated heterocycles. The van der Waals surface area contributed by atoms with Crippen LogP contribution in [0.3, 0.4) is 0 Å². The van der Waals surface area contributed by atoms with Crippen molar-refractivity contribution < 1.29 is 0 Å². The number of hydrogen-bond donors (Lipinski definition) is 2. The number of rotatable bonds is 3. The third-order valence-electron chi connectivity index (χ3n) is 3.27. The summed E-state index contributed by atoms with van der Waals surface area (Å²) >= 11 is 0. The first kappa shape index (κ1) is 12.5. The van der Waals surface area contributed by atoms with E-state index in [0.717, 1.165) is 24.2 Å². The summed E-state index contributed by atoms with van der Waals surface area (Å²) in [6.45, 7) is 4.11. The third-order valence-corrected chi connectivity index (χ3v) is 3.27. The molecule has 0 heterocycles. The SMILES string of the molecule is Cc1ccc(CCc2ccc(C)cc2N)c(N)c1. The molecular weight excluding hydrogens is 220 g/mol. The van der Waals surface area contributed by atoms with Gasteiger partial charge in [-0.25, -0.2) is 0 Å². The number of hydrogen-bond acceptors (Lipinski definition) is 2. The summed E-state index contributed by atoms with van der Waals surface area (Å²) in [6.07, 6.45) is 1.86. The quantitative estimate of drug-likeness (QED) is 0.809. The van der Waals surface area contributed by atoms with Crippen molar-refractivity contribution in [1.82, 2.24) is 0 Å². The van der Waals surface area contributed by atoms with Crippen molar-refractivity contribution in [3.63, 3.8) is 0 Å². The van der Waals surface area contributed by atoms with Crippen LogP contribution in [-0.2, 0) is 12.8 Å². The predicted octanol–water partition coefficient (Wildman–Crippen LogP) is 3.25. The molecule has 94 valence electrons. The maximum Gasteiger partial charge on any atom is 0.0349 e. The summed E-state index contributed by atoms with van der Waals surface area (Å²) in [5, 5.41) is 0. The van der Waals surface area contributed by atoms with Crippen LogP contribution >= 0.6 is 0 Å². The minimum atomic E-state index is 0.876. The number of aryl methyl sites for hydroxylation is 4. The molecule has 2 aromatic carbocycles. The molecule has 2 nitrogen and oxygen atoms in total. The Morgan fingerprint density at radius 3 is 1.44 bits per heavy atom. The Morgan fingerprint density at radius 2 is 1.11 bits per heavy atom. The smallest absolute Gasteiger partial charge is 0.0349 e. The molecule has 0 aliphatic heterocycles. The molecular formula is C16H20N2. The second-order valence-electron chi connectivity index (χ2n) is 4.90. The maximum absolute atomic E-state index is 6.02. The summed E-state index contributed by atoms with van der Waals surface area (Å²) in [5.41, 5.74) is 18.6. The lowest BCUT2D eigenvalue weighted by Gasteiger charge is -2.09. The van der Waals surface area contributed by atoms with Gasteiger partial charge in [0.15, 0.2) is 0 Å². The highest BCUT2D eigenvalue weighted by molar-refractivity contribution is 5.52. The summed E-state index contributed by atoms with van der Waals surface area (Å²) in [7, 11) is 0. The highest BCUT2D eigenvalue weighted by Gasteiger charge is 2.03. The van der Waals surface area contributed by atoms with Crippen molar-refractivity contribution in [2.75, 3.05) is 11.5 Å². The van der Waals surface area contributed by atoms with Gasteiger partial charge in [0.25, 0.3) is 0 Å². The van der Waals surface area contributed by atoms with Crippen LogP contribution in [0.5, 0.6) is 0 Å². The van der Waals surface area contributed by atoms with Gasteiger partial charge in [-0.1, -0.05) is 24.3 Å². The molecule has 4 N–H and O–H groups in total. The van der Waals surface area contributed by atoms with Gasteiger partial charge < -0.3 is 11.5 Å². The first-order valence-electron chi connectivity index (χ1n) is 6.26. The van der Waals surface area contributed by atoms with E-state index in [1.807, 2.05) is 12.1 Å². The van der Waals surface area contributed by atoms with Crippen molar-refractivity contribution in [3.05, 3.63) is 58.7 Å². The van der Waals surface area contributed by atoms with E-state index in [1.165, 1.54) is 22.3 Å². The second-order valence-corrected chi connectivity index (χ2v) is 4.90. The van der Waals surface area contributed by atoms with Gasteiger partial charge in [0.2, 0.25) is 0 Å². The fourth-order valence-corrected chi connectivity index (χ4v) is 2.15. The van der Waals surface area contributed by atoms with Gasteiger partial charge in [-0.05, 0) is 61.1 Å². The topological polar surface area (TPSA) is 52.0 Å². The van der Waals surface area contributed by atoms with E-state index in [-0.39, 0.29) is 0 Å². The number of nitrogens with two attached hydrogens (primary N) is 2. The standard InChI is InChI=1S/C16H20N2/c1-11-3-5-13(15(17)9-11)7-8-14-6-4-12(2)10-16(14)18/h3-6,9-10H,7-8,17-18H2,1-2H3. The molecule has 0 spiro atoms. The van der Waals surface area contributed by atoms with Gasteiger partial charge in [-0.3, -0.25) is 0 Å². The summed E-state index contributed by atoms with van der Waals surface area (Å²) < 4.78 is 0. The molecule has 2 aromatic rings. The lowest BCUT2D eigenvalue weighted by molar-refractivity contribution is 0.964. The molecule has 0 amide bonds. The molecule has 0 bridgehead atoms. The van der Waals surface area contributed by atoms with Crippen molar-refractivity contribution >= 4 is 11.4 Å². The van der Waals surface area contributed by atoms with Gasteiger partial charge in [0, 0.05) is 11.4 Å². The Morgan fingerprint density at radius 1 is 0.722 bits per heavy atom. The normalized spacial score (nSPS) is 10.6. The van der Waals surface area contributed by atoms with Crippen LogP contribution in [-0.4, -0.2) is 0 Å². The zero-order valence-corrected chi connectivity index (χ0v) is 11.0. The number of benzene rings is 2. The van der Waals surface area contributed by atoms with E-state index in [4.69, 9.17) is 11.5 Å². The summed E-state index contributed by atoms with van der Waals surface area (Å²) in [6, 6.07) is 12.5. The van der Waals surface area contributed by atoms with Crippen LogP contribution in [0.1, 0.15) is 22.3 Å². The van der Waals surface area contributed by atoms with Gasteiger partial charge in [-0.15, -0.1) is 0 Å². The van der Waals surface area contributed by atoms with Crippen molar-refractivity contribution in [2.45, 2.75) is 26.7 Å². The molecule has 0 unspecified atom stereocenters. The van der Waals surface area contributed by atoms with E-state index in [9.17, 15) is 0 Å². The largest absolute Gasteiger partial charge is 0.398 e. The van der Waals surface area contributed by atoms with Gasteiger partial charge >= 0.3 is 0 Å². The molecule has 0 aliphatic carbocycles. The molecule has 2 rings (SSSR count). The molecule has 0 aliphatic rings. The Labute approximate surface area is 109 Å². The van der Waals surface area contributed by atoms with E-state index in [0.29, 0.717) is 0 Å². The minimum Gasteiger partial charge on any atom is -0.398 e. The lowest BCUT2D eigenvalue weighted by Crippen LogP contribution is -2.00. The lowest BCUT2D eigenvalue weighted by atomic mass is 10.00. The molecule has 0 fully saturated rings. The number of anilines is 2. The van der Waals surface area contributed by atoms with Crippen LogP contribution in [0.2, 0.25) is 0 Å². The van der Waals surface area contributed by atoms with Crippen LogP contribution in [0, 0.1) is 13.8 Å². The first-order valence-corrected chi connectivity index (χ1v) is 6.26. The molecule has 0 atom stereocenters. The minimum absolute atomic E-state index is 0.876. The van der Waals surface area contributed by atoms with Crippen LogP contribution in [0.4, 0.5) is 11.4 Å². The number of nitrogen functional groups attached to an aromatic ring is 2. The van der Waals surface area contributed by atoms with Crippen LogP contribution in [0.25, 0.3) is 0 Å². The van der Waals surface area contributed by atoms with Crippen molar-refractivity contribution in [3.8, 4) is 0 Å². The van der Waals surface area contributed by atoms with E-state index in [1.54, 1.807) is 0 Å². The molecule has 18 heavy (non-hydrogen) atoms. The molecule has 0 saturated carbocycles. The average molecular weight is 240 g/mol. The Kier molecular flexibility index (Phi) is 3.56. The van der Waals surface area contributed by atoms with Crippen LogP contribution < -0.4 is 11.5 Å². The van der Waals surface area contributed by atoms with E-state index >= 15 is 0 Å². The Balaban J connectivity index is 2.11. The fourth-order valence-electron chi connectivity index (χ4n) is 2.15. The molecule has 0 radical (unpaired) electrons. The highest BCUT2D eigenvalue weighted by atomic mass is 14.6. The summed E-state index contributed by atoms with van der Waals surface area (Å²) in [5.74, 6) is 0. The van der Waals surface area contributed by atoms with Gasteiger partial charge in [-0.2, -0.15) is 0 Å². The maximum atomic E-state index is 6.02. The first-order chi connectivity index (χ1) is 8.56. The van der Waals surface area contributed by atoms with Crippen molar-refractivity contribution in [1.29, 1.82) is 0 Å². The summed E-state index contributed by atoms with van der Waals surface area (Å²) in [4.78, 5) is 0. The Bertz CT molecular complexity index is 508. The zero-order valence-electron chi connectivity index (χ0n) is 11.0. The van der Waals surface area contributed by atoms with Gasteiger partial charge in [0.1, 0.15) is 0 Å². The zero-order chi connectivity index (χ0) is 13.1. The van der Waals surface area contributed by atoms with Crippen molar-refractivity contribution in [2.24, 2.45) is 0 Å². The van der Waals surface area contributed by atoms with E-state index < -0.39 is 0 Å². The van der Waals surface area contributed by atoms with Crippen LogP contribution in [0.15, 0.2) is 36.4 Å². The Hall–Kier alpha value is -1.96. The average Bonchev–Trinajstić information content (AvgIpc) is 2.30. The van der Waals surface area contributed by atoms with Gasteiger partial charge in [0.05, 0.1) is 0 Å². The predicted molar refractivity (Wildman–Crippen MR) is 78.6 cm³/mol. The highest BCUT2D eigenvalue weighted by Crippen LogP contribution is 2.19.